The maximum absolute atomic E-state index is 11.4. The topological polar surface area (TPSA) is 53.3 Å². The lowest BCUT2D eigenvalue weighted by Gasteiger charge is -2.17. The van der Waals surface area contributed by atoms with Gasteiger partial charge in [0.2, 0.25) is 5.91 Å². The van der Waals surface area contributed by atoms with Crippen molar-refractivity contribution in [2.45, 2.75) is 0 Å². The zero-order valence-electron chi connectivity index (χ0n) is 9.23. The van der Waals surface area contributed by atoms with Crippen LogP contribution < -0.4 is 9.64 Å². The summed E-state index contributed by atoms with van der Waals surface area (Å²) in [4.78, 5) is 12.8. The van der Waals surface area contributed by atoms with Crippen LogP contribution >= 0.6 is 0 Å². The molecular formula is C12H12N2O2. The van der Waals surface area contributed by atoms with Crippen molar-refractivity contribution in [1.29, 1.82) is 5.26 Å². The normalized spacial score (nSPS) is 9.06. The number of anilines is 1. The van der Waals surface area contributed by atoms with E-state index in [-0.39, 0.29) is 5.91 Å². The second-order valence-electron chi connectivity index (χ2n) is 3.10. The zero-order chi connectivity index (χ0) is 12.1. The number of carbonyl (C=O) groups is 1. The molecule has 0 radical (unpaired) electrons. The second-order valence-corrected chi connectivity index (χ2v) is 3.10. The number of nitrogens with zero attached hydrogens (tertiary/aromatic N) is 2. The molecule has 0 aromatic heterocycles. The van der Waals surface area contributed by atoms with Gasteiger partial charge in [-0.05, 0) is 24.3 Å². The summed E-state index contributed by atoms with van der Waals surface area (Å²) in [5.74, 6) is 0.321. The lowest BCUT2D eigenvalue weighted by Crippen LogP contribution is -2.24. The van der Waals surface area contributed by atoms with Gasteiger partial charge >= 0.3 is 0 Å². The van der Waals surface area contributed by atoms with Crippen LogP contribution in [0.3, 0.4) is 0 Å². The third kappa shape index (κ3) is 2.20. The molecule has 0 aliphatic carbocycles. The molecule has 4 nitrogen and oxygen atoms in total. The molecule has 0 unspecified atom stereocenters. The predicted molar refractivity (Wildman–Crippen MR) is 61.3 cm³/mol. The highest BCUT2D eigenvalue weighted by molar-refractivity contribution is 6.01. The Bertz CT molecular complexity index is 461. The Balaban J connectivity index is 3.19. The number of hydrogen-bond acceptors (Lipinski definition) is 3. The van der Waals surface area contributed by atoms with Gasteiger partial charge in [0.05, 0.1) is 18.4 Å². The summed E-state index contributed by atoms with van der Waals surface area (Å²) in [6.07, 6.45) is 1.20. The predicted octanol–water partition coefficient (Wildman–Crippen LogP) is 1.72. The number of carbonyl (C=O) groups excluding carboxylic acids is 1. The molecule has 0 aliphatic rings. The minimum atomic E-state index is -0.262. The largest absolute Gasteiger partial charge is 0.497 e. The van der Waals surface area contributed by atoms with Crippen molar-refractivity contribution in [1.82, 2.24) is 0 Å². The first-order valence-corrected chi connectivity index (χ1v) is 4.62. The summed E-state index contributed by atoms with van der Waals surface area (Å²) in [6, 6.07) is 6.97. The van der Waals surface area contributed by atoms with Crippen molar-refractivity contribution in [3.63, 3.8) is 0 Å². The van der Waals surface area contributed by atoms with Crippen LogP contribution in [0.1, 0.15) is 5.56 Å². The third-order valence-corrected chi connectivity index (χ3v) is 2.19. The summed E-state index contributed by atoms with van der Waals surface area (Å²) in [5, 5.41) is 8.97. The summed E-state index contributed by atoms with van der Waals surface area (Å²) in [7, 11) is 3.11. The van der Waals surface area contributed by atoms with Gasteiger partial charge in [-0.1, -0.05) is 6.58 Å². The van der Waals surface area contributed by atoms with Gasteiger partial charge in [-0.15, -0.1) is 0 Å². The highest BCUT2D eigenvalue weighted by Crippen LogP contribution is 2.24. The third-order valence-electron chi connectivity index (χ3n) is 2.19. The van der Waals surface area contributed by atoms with Crippen LogP contribution in [0.25, 0.3) is 0 Å². The van der Waals surface area contributed by atoms with E-state index in [0.29, 0.717) is 17.0 Å². The number of amides is 1. The van der Waals surface area contributed by atoms with Crippen LogP contribution in [0.4, 0.5) is 5.69 Å². The Morgan fingerprint density at radius 1 is 1.62 bits per heavy atom. The Morgan fingerprint density at radius 2 is 2.31 bits per heavy atom. The maximum Gasteiger partial charge on any atom is 0.250 e. The number of benzene rings is 1. The number of likely N-dealkylation sites (N-methyl/N-ethyl adjacent to an activating group) is 1. The number of hydrogen-bond donors (Lipinski definition) is 0. The lowest BCUT2D eigenvalue weighted by atomic mass is 10.1. The molecule has 0 saturated heterocycles. The van der Waals surface area contributed by atoms with Gasteiger partial charge in [0.25, 0.3) is 0 Å². The quantitative estimate of drug-likeness (QED) is 0.723. The van der Waals surface area contributed by atoms with E-state index in [1.54, 1.807) is 25.2 Å². The number of ether oxygens (including phenoxy) is 1. The Kier molecular flexibility index (Phi) is 3.67. The van der Waals surface area contributed by atoms with E-state index in [1.807, 2.05) is 6.07 Å². The molecule has 1 aromatic carbocycles. The standard InChI is InChI=1S/C12H12N2O2/c1-4-12(15)14(2)11-6-5-10(16-3)7-9(11)8-13/h4-7H,1H2,2-3H3. The van der Waals surface area contributed by atoms with E-state index >= 15 is 0 Å². The Hall–Kier alpha value is -2.28. The Labute approximate surface area is 94.4 Å². The van der Waals surface area contributed by atoms with E-state index in [2.05, 4.69) is 6.58 Å². The second kappa shape index (κ2) is 4.99. The van der Waals surface area contributed by atoms with E-state index in [0.717, 1.165) is 0 Å². The van der Waals surface area contributed by atoms with Crippen LogP contribution in [0.5, 0.6) is 5.75 Å². The fourth-order valence-corrected chi connectivity index (χ4v) is 1.28. The molecular weight excluding hydrogens is 204 g/mol. The van der Waals surface area contributed by atoms with Crippen molar-refractivity contribution in [3.05, 3.63) is 36.4 Å². The number of rotatable bonds is 3. The molecule has 1 amide bonds. The maximum atomic E-state index is 11.4. The fraction of sp³-hybridized carbons (Fsp3) is 0.167. The van der Waals surface area contributed by atoms with E-state index in [1.165, 1.54) is 18.1 Å². The molecule has 0 atom stereocenters. The molecule has 0 saturated carbocycles. The molecule has 4 heteroatoms. The van der Waals surface area contributed by atoms with Crippen LogP contribution in [-0.2, 0) is 4.79 Å². The smallest absolute Gasteiger partial charge is 0.250 e. The first-order chi connectivity index (χ1) is 7.63. The zero-order valence-corrected chi connectivity index (χ0v) is 9.23. The van der Waals surface area contributed by atoms with Crippen LogP contribution in [0, 0.1) is 11.3 Å². The molecule has 1 rings (SSSR count). The fourth-order valence-electron chi connectivity index (χ4n) is 1.28. The summed E-state index contributed by atoms with van der Waals surface area (Å²) < 4.78 is 5.00. The summed E-state index contributed by atoms with van der Waals surface area (Å²) in [5.41, 5.74) is 0.922. The lowest BCUT2D eigenvalue weighted by molar-refractivity contribution is -0.113. The molecule has 0 heterocycles. The summed E-state index contributed by atoms with van der Waals surface area (Å²) in [6.45, 7) is 3.40. The van der Waals surface area contributed by atoms with Gasteiger partial charge in [-0.3, -0.25) is 4.79 Å². The van der Waals surface area contributed by atoms with Crippen molar-refractivity contribution >= 4 is 11.6 Å². The van der Waals surface area contributed by atoms with Gasteiger partial charge in [0.15, 0.2) is 0 Å². The van der Waals surface area contributed by atoms with Crippen LogP contribution in [-0.4, -0.2) is 20.1 Å². The molecule has 82 valence electrons. The Morgan fingerprint density at radius 3 is 2.81 bits per heavy atom. The van der Waals surface area contributed by atoms with Crippen molar-refractivity contribution in [2.24, 2.45) is 0 Å². The van der Waals surface area contributed by atoms with Gasteiger partial charge < -0.3 is 9.64 Å². The van der Waals surface area contributed by atoms with E-state index in [4.69, 9.17) is 10.00 Å². The average Bonchev–Trinajstić information content (AvgIpc) is 2.35. The highest BCUT2D eigenvalue weighted by Gasteiger charge is 2.12. The molecule has 0 aliphatic heterocycles. The average molecular weight is 216 g/mol. The molecule has 0 bridgehead atoms. The molecule has 1 aromatic rings. The number of nitriles is 1. The first kappa shape index (κ1) is 11.8. The molecule has 0 spiro atoms. The van der Waals surface area contributed by atoms with Gasteiger partial charge in [0, 0.05) is 7.05 Å². The van der Waals surface area contributed by atoms with Crippen LogP contribution in [0.15, 0.2) is 30.9 Å². The van der Waals surface area contributed by atoms with Crippen LogP contribution in [0.2, 0.25) is 0 Å². The van der Waals surface area contributed by atoms with Gasteiger partial charge in [-0.2, -0.15) is 5.26 Å². The monoisotopic (exact) mass is 216 g/mol. The number of methoxy groups -OCH3 is 1. The van der Waals surface area contributed by atoms with Crippen molar-refractivity contribution in [3.8, 4) is 11.8 Å². The minimum absolute atomic E-state index is 0.262. The summed E-state index contributed by atoms with van der Waals surface area (Å²) >= 11 is 0. The molecule has 16 heavy (non-hydrogen) atoms. The van der Waals surface area contributed by atoms with E-state index < -0.39 is 0 Å². The molecule has 0 N–H and O–H groups in total. The van der Waals surface area contributed by atoms with Gasteiger partial charge in [-0.25, -0.2) is 0 Å². The van der Waals surface area contributed by atoms with Crippen molar-refractivity contribution in [2.75, 3.05) is 19.1 Å². The van der Waals surface area contributed by atoms with E-state index in [9.17, 15) is 4.79 Å². The van der Waals surface area contributed by atoms with Crippen molar-refractivity contribution < 1.29 is 9.53 Å². The minimum Gasteiger partial charge on any atom is -0.497 e. The first-order valence-electron chi connectivity index (χ1n) is 4.62. The molecule has 0 fully saturated rings. The highest BCUT2D eigenvalue weighted by atomic mass is 16.5. The SMILES string of the molecule is C=CC(=O)N(C)c1ccc(OC)cc1C#N. The van der Waals surface area contributed by atoms with Gasteiger partial charge in [0.1, 0.15) is 11.8 Å².